The fourth-order valence-electron chi connectivity index (χ4n) is 2.35. The summed E-state index contributed by atoms with van der Waals surface area (Å²) in [7, 11) is 0. The lowest BCUT2D eigenvalue weighted by Crippen LogP contribution is -2.16. The van der Waals surface area contributed by atoms with Crippen LogP contribution in [0.5, 0.6) is 0 Å². The molecule has 26 heavy (non-hydrogen) atoms. The van der Waals surface area contributed by atoms with E-state index in [1.165, 1.54) is 18.2 Å². The predicted molar refractivity (Wildman–Crippen MR) is 102 cm³/mol. The summed E-state index contributed by atoms with van der Waals surface area (Å²) in [6, 6.07) is 11.2. The Morgan fingerprint density at radius 2 is 1.96 bits per heavy atom. The fraction of sp³-hybridized carbons (Fsp3) is 0.211. The first-order chi connectivity index (χ1) is 12.3. The number of pyridine rings is 1. The minimum atomic E-state index is -0.415. The van der Waals surface area contributed by atoms with Crippen molar-refractivity contribution in [1.29, 1.82) is 0 Å². The maximum Gasteiger partial charge on any atom is 0.257 e. The van der Waals surface area contributed by atoms with Gasteiger partial charge >= 0.3 is 0 Å². The van der Waals surface area contributed by atoms with Gasteiger partial charge in [0.25, 0.3) is 5.91 Å². The molecule has 0 bridgehead atoms. The zero-order valence-electron chi connectivity index (χ0n) is 14.6. The second-order valence-electron chi connectivity index (χ2n) is 6.84. The van der Waals surface area contributed by atoms with E-state index in [9.17, 15) is 9.18 Å². The van der Waals surface area contributed by atoms with E-state index >= 15 is 0 Å². The molecule has 3 aromatic rings. The van der Waals surface area contributed by atoms with Crippen LogP contribution < -0.4 is 5.32 Å². The van der Waals surface area contributed by atoms with Crippen LogP contribution >= 0.6 is 15.9 Å². The minimum absolute atomic E-state index is 0.198. The first-order valence-corrected chi connectivity index (χ1v) is 8.83. The molecular weight excluding hydrogens is 399 g/mol. The lowest BCUT2D eigenvalue weighted by molar-refractivity contribution is 0.102. The molecule has 0 radical (unpaired) electrons. The quantitative estimate of drug-likeness (QED) is 0.671. The number of carbonyl (C=O) groups excluding carboxylic acids is 1. The summed E-state index contributed by atoms with van der Waals surface area (Å²) in [6.07, 6.45) is 1.66. The van der Waals surface area contributed by atoms with Crippen LogP contribution in [0.15, 0.2) is 53.1 Å². The van der Waals surface area contributed by atoms with Crippen molar-refractivity contribution in [3.05, 3.63) is 70.2 Å². The summed E-state index contributed by atoms with van der Waals surface area (Å²) in [4.78, 5) is 17.0. The van der Waals surface area contributed by atoms with Crippen LogP contribution in [0.2, 0.25) is 0 Å². The zero-order chi connectivity index (χ0) is 18.9. The maximum absolute atomic E-state index is 13.3. The molecule has 0 aliphatic carbocycles. The molecule has 134 valence electrons. The van der Waals surface area contributed by atoms with Crippen LogP contribution in [0.4, 0.5) is 10.2 Å². The van der Waals surface area contributed by atoms with Crippen molar-refractivity contribution in [3.63, 3.8) is 0 Å². The molecular formula is C19H18BrFN4O. The summed E-state index contributed by atoms with van der Waals surface area (Å²) in [5.74, 6) is 0.308. The third-order valence-corrected chi connectivity index (χ3v) is 4.42. The Kier molecular flexibility index (Phi) is 4.91. The van der Waals surface area contributed by atoms with Gasteiger partial charge in [-0.1, -0.05) is 26.8 Å². The third-order valence-electron chi connectivity index (χ3n) is 3.76. The highest BCUT2D eigenvalue weighted by Crippen LogP contribution is 2.27. The van der Waals surface area contributed by atoms with E-state index in [2.05, 4.69) is 31.3 Å². The molecule has 7 heteroatoms. The van der Waals surface area contributed by atoms with Crippen molar-refractivity contribution in [2.75, 3.05) is 5.32 Å². The number of aromatic nitrogens is 3. The number of rotatable bonds is 3. The Balaban J connectivity index is 2.01. The smallest absolute Gasteiger partial charge is 0.257 e. The van der Waals surface area contributed by atoms with Gasteiger partial charge in [0.05, 0.1) is 11.3 Å². The lowest BCUT2D eigenvalue weighted by atomic mass is 9.92. The van der Waals surface area contributed by atoms with Crippen molar-refractivity contribution in [2.24, 2.45) is 0 Å². The molecule has 2 heterocycles. The molecule has 0 fully saturated rings. The number of benzene rings is 1. The van der Waals surface area contributed by atoms with E-state index in [1.807, 2.05) is 45.0 Å². The second kappa shape index (κ2) is 6.99. The third kappa shape index (κ3) is 3.83. The number of anilines is 1. The fourth-order valence-corrected chi connectivity index (χ4v) is 2.88. The van der Waals surface area contributed by atoms with Crippen LogP contribution in [0.25, 0.3) is 5.82 Å². The van der Waals surface area contributed by atoms with Crippen LogP contribution in [0.1, 0.15) is 36.8 Å². The summed E-state index contributed by atoms with van der Waals surface area (Å²) >= 11 is 3.23. The number of nitrogens with one attached hydrogen (secondary N) is 1. The van der Waals surface area contributed by atoms with Gasteiger partial charge in [-0.05, 0) is 46.3 Å². The molecule has 0 atom stereocenters. The largest absolute Gasteiger partial charge is 0.306 e. The summed E-state index contributed by atoms with van der Waals surface area (Å²) < 4.78 is 15.3. The van der Waals surface area contributed by atoms with Gasteiger partial charge < -0.3 is 5.32 Å². The van der Waals surface area contributed by atoms with Crippen molar-refractivity contribution < 1.29 is 9.18 Å². The highest BCUT2D eigenvalue weighted by atomic mass is 79.9. The van der Waals surface area contributed by atoms with Gasteiger partial charge in [-0.25, -0.2) is 9.37 Å². The van der Waals surface area contributed by atoms with Gasteiger partial charge in [-0.15, -0.1) is 0 Å². The van der Waals surface area contributed by atoms with Crippen LogP contribution in [-0.4, -0.2) is 20.7 Å². The number of halogens is 2. The molecule has 0 saturated carbocycles. The molecule has 1 aromatic carbocycles. The Bertz CT molecular complexity index is 948. The maximum atomic E-state index is 13.3. The van der Waals surface area contributed by atoms with Gasteiger partial charge in [-0.2, -0.15) is 9.78 Å². The van der Waals surface area contributed by atoms with E-state index in [4.69, 9.17) is 0 Å². The average Bonchev–Trinajstić information content (AvgIpc) is 2.99. The van der Waals surface area contributed by atoms with E-state index < -0.39 is 5.82 Å². The molecule has 2 aromatic heterocycles. The highest BCUT2D eigenvalue weighted by Gasteiger charge is 2.22. The molecule has 0 aliphatic heterocycles. The highest BCUT2D eigenvalue weighted by molar-refractivity contribution is 9.10. The molecule has 0 spiro atoms. The Labute approximate surface area is 159 Å². The molecule has 5 nitrogen and oxygen atoms in total. The number of amides is 1. The van der Waals surface area contributed by atoms with E-state index in [-0.39, 0.29) is 11.3 Å². The number of hydrogen-bond acceptors (Lipinski definition) is 3. The zero-order valence-corrected chi connectivity index (χ0v) is 16.2. The first-order valence-electron chi connectivity index (χ1n) is 8.04. The van der Waals surface area contributed by atoms with Gasteiger partial charge in [0.2, 0.25) is 0 Å². The Morgan fingerprint density at radius 1 is 1.19 bits per heavy atom. The van der Waals surface area contributed by atoms with Crippen molar-refractivity contribution >= 4 is 27.7 Å². The van der Waals surface area contributed by atoms with Crippen LogP contribution in [0, 0.1) is 5.82 Å². The number of nitrogens with zero attached hydrogens (tertiary/aromatic N) is 3. The molecule has 3 rings (SSSR count). The molecule has 0 saturated heterocycles. The summed E-state index contributed by atoms with van der Waals surface area (Å²) in [6.45, 7) is 6.13. The topological polar surface area (TPSA) is 59.8 Å². The van der Waals surface area contributed by atoms with Crippen molar-refractivity contribution in [3.8, 4) is 5.82 Å². The number of hydrogen-bond donors (Lipinski definition) is 1. The molecule has 0 unspecified atom stereocenters. The predicted octanol–water partition coefficient (Wildman–Crippen LogP) is 4.72. The molecule has 0 aliphatic rings. The lowest BCUT2D eigenvalue weighted by Gasteiger charge is -2.13. The first kappa shape index (κ1) is 18.3. The van der Waals surface area contributed by atoms with Gasteiger partial charge in [0.1, 0.15) is 11.6 Å². The standard InChI is InChI=1S/C19H18BrFN4O/c1-19(2,3)15-11-17(25(24-15)16-6-4-5-9-22-16)23-18(26)13-8-7-12(21)10-14(13)20/h4-11H,1-3H3,(H,23,26). The van der Waals surface area contributed by atoms with E-state index in [1.54, 1.807) is 10.9 Å². The molecule has 1 N–H and O–H groups in total. The van der Waals surface area contributed by atoms with Crippen LogP contribution in [-0.2, 0) is 5.41 Å². The monoisotopic (exact) mass is 416 g/mol. The van der Waals surface area contributed by atoms with Crippen molar-refractivity contribution in [2.45, 2.75) is 26.2 Å². The van der Waals surface area contributed by atoms with Gasteiger partial charge in [0.15, 0.2) is 5.82 Å². The summed E-state index contributed by atoms with van der Waals surface area (Å²) in [5, 5.41) is 7.45. The minimum Gasteiger partial charge on any atom is -0.306 e. The Morgan fingerprint density at radius 3 is 2.58 bits per heavy atom. The number of carbonyl (C=O) groups is 1. The van der Waals surface area contributed by atoms with Crippen molar-refractivity contribution in [1.82, 2.24) is 14.8 Å². The molecule has 1 amide bonds. The summed E-state index contributed by atoms with van der Waals surface area (Å²) in [5.41, 5.74) is 0.949. The van der Waals surface area contributed by atoms with Crippen LogP contribution in [0.3, 0.4) is 0 Å². The second-order valence-corrected chi connectivity index (χ2v) is 7.70. The average molecular weight is 417 g/mol. The van der Waals surface area contributed by atoms with Gasteiger partial charge in [-0.3, -0.25) is 4.79 Å². The normalized spacial score (nSPS) is 11.4. The van der Waals surface area contributed by atoms with E-state index in [0.717, 1.165) is 5.69 Å². The van der Waals surface area contributed by atoms with Gasteiger partial charge in [0, 0.05) is 22.2 Å². The SMILES string of the molecule is CC(C)(C)c1cc(NC(=O)c2ccc(F)cc2Br)n(-c2ccccn2)n1. The Hall–Kier alpha value is -2.54. The van der Waals surface area contributed by atoms with E-state index in [0.29, 0.717) is 21.7 Å².